The highest BCUT2D eigenvalue weighted by molar-refractivity contribution is 6.01. The number of alkyl halides is 2. The Kier molecular flexibility index (Phi) is 14.8. The molecule has 0 bridgehead atoms. The molecule has 25 nitrogen and oxygen atoms in total. The van der Waals surface area contributed by atoms with Crippen molar-refractivity contribution < 1.29 is 33.3 Å². The average Bonchev–Trinajstić information content (AvgIpc) is 4.36. The zero-order valence-electron chi connectivity index (χ0n) is 44.0. The van der Waals surface area contributed by atoms with Crippen molar-refractivity contribution in [2.75, 3.05) is 66.8 Å². The minimum Gasteiger partial charge on any atom is -0.494 e. The molecule has 10 rings (SSSR count). The predicted molar refractivity (Wildman–Crippen MR) is 288 cm³/mol. The fraction of sp³-hybridized carbons (Fsp3) is 0.358. The first-order valence-electron chi connectivity index (χ1n) is 25.4. The summed E-state index contributed by atoms with van der Waals surface area (Å²) in [4.78, 5) is 67.8. The number of carbonyl (C=O) groups is 2. The maximum absolute atomic E-state index is 14.9. The number of hydrogen-bond acceptors (Lipinski definition) is 21. The predicted octanol–water partition coefficient (Wildman–Crippen LogP) is 4.00. The molecule has 2 fully saturated rings. The van der Waals surface area contributed by atoms with Crippen LogP contribution in [-0.2, 0) is 0 Å². The van der Waals surface area contributed by atoms with Crippen molar-refractivity contribution in [3.8, 4) is 40.8 Å². The van der Waals surface area contributed by atoms with E-state index in [0.717, 1.165) is 0 Å². The van der Waals surface area contributed by atoms with Crippen LogP contribution < -0.4 is 35.8 Å². The molecule has 2 amide bonds. The fourth-order valence-corrected chi connectivity index (χ4v) is 9.11. The Hall–Kier alpha value is -9.60. The van der Waals surface area contributed by atoms with Crippen molar-refractivity contribution in [2.24, 2.45) is 0 Å². The molecule has 0 aliphatic carbocycles. The van der Waals surface area contributed by atoms with Gasteiger partial charge in [-0.05, 0) is 52.7 Å². The summed E-state index contributed by atoms with van der Waals surface area (Å²) in [7, 11) is 1.53. The number of fused-ring (bicyclic) bond motifs is 2. The fourth-order valence-electron chi connectivity index (χ4n) is 9.11. The number of methoxy groups -OCH3 is 1. The largest absolute Gasteiger partial charge is 0.494 e. The lowest BCUT2D eigenvalue weighted by molar-refractivity contribution is -0.00209. The molecule has 10 heterocycles. The summed E-state index contributed by atoms with van der Waals surface area (Å²) in [5.74, 6) is 0.744. The number of hydrogen-bond donors (Lipinski definition) is 6. The summed E-state index contributed by atoms with van der Waals surface area (Å²) in [6, 6.07) is 10.3. The highest BCUT2D eigenvalue weighted by atomic mass is 19.1. The maximum atomic E-state index is 14.9. The van der Waals surface area contributed by atoms with Gasteiger partial charge >= 0.3 is 0 Å². The quantitative estimate of drug-likeness (QED) is 0.0707. The van der Waals surface area contributed by atoms with Gasteiger partial charge in [0.15, 0.2) is 28.7 Å². The van der Waals surface area contributed by atoms with Gasteiger partial charge in [0.1, 0.15) is 30.2 Å². The van der Waals surface area contributed by atoms with E-state index in [2.05, 4.69) is 68.4 Å². The van der Waals surface area contributed by atoms with E-state index >= 15 is 0 Å². The van der Waals surface area contributed by atoms with Gasteiger partial charge in [0.2, 0.25) is 11.9 Å². The van der Waals surface area contributed by atoms with Gasteiger partial charge in [0, 0.05) is 104 Å². The second-order valence-electron chi connectivity index (χ2n) is 20.5. The first-order chi connectivity index (χ1) is 38.4. The number of amides is 2. The van der Waals surface area contributed by atoms with Crippen LogP contribution in [0.2, 0.25) is 0 Å². The average molecular weight is 1090 g/mol. The van der Waals surface area contributed by atoms with Crippen molar-refractivity contribution in [3.63, 3.8) is 0 Å². The second kappa shape index (κ2) is 22.0. The molecular weight excluding hydrogens is 1030 g/mol. The zero-order chi connectivity index (χ0) is 56.5. The molecule has 4 atom stereocenters. The van der Waals surface area contributed by atoms with Crippen LogP contribution in [0.1, 0.15) is 72.4 Å². The first kappa shape index (κ1) is 53.8. The number of carbonyl (C=O) groups excluding carboxylic acids is 2. The van der Waals surface area contributed by atoms with Gasteiger partial charge in [0.25, 0.3) is 11.8 Å². The SMILES string of the molecule is COc1cnc(N2CC[C@@H](Nc3cc(-n4nc(-c5cnc(N6CC[C@@H](Nc7cc(-n8ncc9cc(C#N)cnc98)ncc7C(=O)NC[C@@H](F)C(C)(C)O)C6)nc5)c5cc(C#N)cnc54)ncc3C(=O)NC[C@@H](F)C(C)(C)O)C2)nc1. The van der Waals surface area contributed by atoms with Crippen molar-refractivity contribution in [1.29, 1.82) is 10.5 Å². The molecular formula is C53H54F2N20O5. The molecule has 80 heavy (non-hydrogen) atoms. The Morgan fingerprint density at radius 2 is 1.18 bits per heavy atom. The summed E-state index contributed by atoms with van der Waals surface area (Å²) in [6.45, 7) is 6.37. The Morgan fingerprint density at radius 1 is 0.675 bits per heavy atom. The minimum absolute atomic E-state index is 0.110. The lowest BCUT2D eigenvalue weighted by Crippen LogP contribution is -2.42. The van der Waals surface area contributed by atoms with Crippen molar-refractivity contribution in [2.45, 2.75) is 76.2 Å². The molecule has 0 saturated carbocycles. The van der Waals surface area contributed by atoms with E-state index in [1.54, 1.807) is 55.2 Å². The number of anilines is 4. The van der Waals surface area contributed by atoms with Crippen molar-refractivity contribution in [3.05, 3.63) is 102 Å². The van der Waals surface area contributed by atoms with Crippen LogP contribution >= 0.6 is 0 Å². The first-order valence-corrected chi connectivity index (χ1v) is 25.4. The normalized spacial score (nSPS) is 16.3. The van der Waals surface area contributed by atoms with Crippen LogP contribution in [0.3, 0.4) is 0 Å². The van der Waals surface area contributed by atoms with Crippen LogP contribution in [0.15, 0.2) is 80.0 Å². The number of nitriles is 2. The molecule has 2 saturated heterocycles. The molecule has 0 radical (unpaired) electrons. The summed E-state index contributed by atoms with van der Waals surface area (Å²) in [5.41, 5.74) is -0.159. The summed E-state index contributed by atoms with van der Waals surface area (Å²) < 4.78 is 37.8. The number of rotatable bonds is 18. The summed E-state index contributed by atoms with van der Waals surface area (Å²) in [5, 5.41) is 62.3. The molecule has 0 unspecified atom stereocenters. The van der Waals surface area contributed by atoms with Crippen LogP contribution in [0.25, 0.3) is 45.0 Å². The standard InChI is InChI=1S/C53H54F2N20O5/c1-52(2,78)41(54)25-62-48(76)37-23-58-43(74-46-31(20-68-74)10-29(14-56)16-60-46)12-39(37)69-33-6-8-72(27-33)50-64-18-32(19-65-50)45-36-11-30(15-57)17-61-47(36)75(71-45)44-13-40(38(24-59-44)49(77)63-26-42(55)53(3,4)79)70-34-7-9-73(28-34)51-66-21-35(80-5)22-67-51/h10-13,16-24,33-34,41-42,78-79H,6-9,25-28H2,1-5H3,(H,58,69)(H,59,70)(H,62,76)(H,63,77)/t33-,34-,41-,42-/m1/s1. The zero-order valence-corrected chi connectivity index (χ0v) is 44.0. The lowest BCUT2D eigenvalue weighted by Gasteiger charge is -2.23. The van der Waals surface area contributed by atoms with Gasteiger partial charge in [-0.15, -0.1) is 0 Å². The number of ether oxygens (including phenoxy) is 1. The molecule has 410 valence electrons. The highest BCUT2D eigenvalue weighted by Crippen LogP contribution is 2.32. The number of nitrogens with one attached hydrogen (secondary N) is 4. The molecule has 2 aliphatic rings. The number of halogens is 2. The second-order valence-corrected chi connectivity index (χ2v) is 20.5. The van der Waals surface area contributed by atoms with Crippen LogP contribution in [-0.4, -0.2) is 163 Å². The third-order valence-electron chi connectivity index (χ3n) is 13.7. The van der Waals surface area contributed by atoms with Crippen LogP contribution in [0.5, 0.6) is 5.75 Å². The lowest BCUT2D eigenvalue weighted by atomic mass is 10.0. The molecule has 0 spiro atoms. The Balaban J connectivity index is 0.908. The monoisotopic (exact) mass is 1090 g/mol. The van der Waals surface area contributed by atoms with Crippen LogP contribution in [0.4, 0.5) is 32.1 Å². The van der Waals surface area contributed by atoms with Gasteiger partial charge < -0.3 is 46.0 Å². The smallest absolute Gasteiger partial charge is 0.255 e. The molecule has 27 heteroatoms. The molecule has 8 aromatic heterocycles. The molecule has 8 aromatic rings. The third kappa shape index (κ3) is 11.4. The highest BCUT2D eigenvalue weighted by Gasteiger charge is 2.32. The molecule has 6 N–H and O–H groups in total. The number of aliphatic hydroxyl groups is 2. The number of aromatic nitrogens is 12. The Labute approximate surface area is 455 Å². The number of pyridine rings is 4. The van der Waals surface area contributed by atoms with Crippen molar-refractivity contribution >= 4 is 57.2 Å². The van der Waals surface area contributed by atoms with Gasteiger partial charge in [-0.25, -0.2) is 48.7 Å². The van der Waals surface area contributed by atoms with Gasteiger partial charge in [-0.1, -0.05) is 0 Å². The Morgan fingerprint density at radius 3 is 1.69 bits per heavy atom. The minimum atomic E-state index is -1.76. The van der Waals surface area contributed by atoms with Crippen LogP contribution in [0, 0.1) is 22.7 Å². The summed E-state index contributed by atoms with van der Waals surface area (Å²) >= 11 is 0. The van der Waals surface area contributed by atoms with E-state index in [1.165, 1.54) is 69.0 Å². The summed E-state index contributed by atoms with van der Waals surface area (Å²) in [6.07, 6.45) is 11.2. The molecule has 2 aliphatic heterocycles. The molecule has 0 aromatic carbocycles. The van der Waals surface area contributed by atoms with Gasteiger partial charge in [0.05, 0.1) is 83.6 Å². The van der Waals surface area contributed by atoms with E-state index < -0.39 is 48.4 Å². The van der Waals surface area contributed by atoms with E-state index in [1.807, 2.05) is 9.80 Å². The van der Waals surface area contributed by atoms with E-state index in [0.29, 0.717) is 113 Å². The van der Waals surface area contributed by atoms with Gasteiger partial charge in [-0.3, -0.25) is 9.59 Å². The Bertz CT molecular complexity index is 3700. The van der Waals surface area contributed by atoms with Crippen molar-refractivity contribution in [1.82, 2.24) is 70.1 Å². The van der Waals surface area contributed by atoms with Gasteiger partial charge in [-0.2, -0.15) is 30.1 Å². The number of nitrogens with zero attached hydrogens (tertiary/aromatic N) is 16. The topological polar surface area (TPSA) is 325 Å². The van der Waals surface area contributed by atoms with E-state index in [4.69, 9.17) is 19.8 Å². The van der Waals surface area contributed by atoms with E-state index in [9.17, 15) is 39.1 Å². The third-order valence-corrected chi connectivity index (χ3v) is 13.7. The maximum Gasteiger partial charge on any atom is 0.255 e. The van der Waals surface area contributed by atoms with E-state index in [-0.39, 0.29) is 34.6 Å².